The van der Waals surface area contributed by atoms with Gasteiger partial charge in [-0.05, 0) is 23.3 Å². The first-order valence-corrected chi connectivity index (χ1v) is 6.57. The second-order valence-corrected chi connectivity index (χ2v) is 4.86. The molecule has 0 fully saturated rings. The molecule has 0 amide bonds. The Morgan fingerprint density at radius 1 is 1.05 bits per heavy atom. The fraction of sp³-hybridized carbons (Fsp3) is 0.0588. The highest BCUT2D eigenvalue weighted by atomic mass is 16.4. The number of aromatic amines is 1. The van der Waals surface area contributed by atoms with Crippen molar-refractivity contribution in [3.63, 3.8) is 0 Å². The minimum Gasteiger partial charge on any atom is -0.481 e. The molecule has 21 heavy (non-hydrogen) atoms. The summed E-state index contributed by atoms with van der Waals surface area (Å²) < 4.78 is 0. The maximum Gasteiger partial charge on any atom is 0.307 e. The molecule has 2 N–H and O–H groups in total. The Morgan fingerprint density at radius 3 is 2.52 bits per heavy atom. The minimum absolute atomic E-state index is 0.0875. The topological polar surface area (TPSA) is 70.2 Å². The van der Waals surface area contributed by atoms with Gasteiger partial charge >= 0.3 is 5.97 Å². The van der Waals surface area contributed by atoms with Crippen molar-refractivity contribution in [3.05, 3.63) is 70.4 Å². The summed E-state index contributed by atoms with van der Waals surface area (Å²) in [6, 6.07) is 16.2. The summed E-state index contributed by atoms with van der Waals surface area (Å²) in [5.41, 5.74) is 2.89. The Labute approximate surface area is 120 Å². The van der Waals surface area contributed by atoms with Gasteiger partial charge in [-0.25, -0.2) is 0 Å². The van der Waals surface area contributed by atoms with Crippen molar-refractivity contribution in [2.45, 2.75) is 6.42 Å². The van der Waals surface area contributed by atoms with Gasteiger partial charge < -0.3 is 10.1 Å². The number of H-pyrrole nitrogens is 1. The number of aromatic nitrogens is 1. The summed E-state index contributed by atoms with van der Waals surface area (Å²) in [7, 11) is 0. The molecule has 1 aromatic heterocycles. The van der Waals surface area contributed by atoms with Crippen molar-refractivity contribution >= 4 is 16.9 Å². The average Bonchev–Trinajstić information content (AvgIpc) is 2.48. The molecule has 104 valence electrons. The molecule has 0 bridgehead atoms. The van der Waals surface area contributed by atoms with Gasteiger partial charge in [0, 0.05) is 22.7 Å². The van der Waals surface area contributed by atoms with Crippen molar-refractivity contribution in [1.29, 1.82) is 0 Å². The van der Waals surface area contributed by atoms with Crippen LogP contribution in [0, 0.1) is 0 Å². The minimum atomic E-state index is -0.910. The molecular weight excluding hydrogens is 266 g/mol. The lowest BCUT2D eigenvalue weighted by atomic mass is 10.1. The second kappa shape index (κ2) is 5.25. The van der Waals surface area contributed by atoms with E-state index in [-0.39, 0.29) is 11.8 Å². The highest BCUT2D eigenvalue weighted by Crippen LogP contribution is 2.19. The smallest absolute Gasteiger partial charge is 0.307 e. The second-order valence-electron chi connectivity index (χ2n) is 4.86. The zero-order valence-corrected chi connectivity index (χ0v) is 11.2. The fourth-order valence-corrected chi connectivity index (χ4v) is 2.35. The van der Waals surface area contributed by atoms with Crippen LogP contribution in [0.5, 0.6) is 0 Å². The van der Waals surface area contributed by atoms with Gasteiger partial charge in [0.25, 0.3) is 0 Å². The normalized spacial score (nSPS) is 10.7. The molecule has 0 aliphatic carbocycles. The lowest BCUT2D eigenvalue weighted by Crippen LogP contribution is -2.05. The van der Waals surface area contributed by atoms with Crippen LogP contribution in [0.1, 0.15) is 5.56 Å². The first-order chi connectivity index (χ1) is 10.1. The standard InChI is InChI=1S/C17H13NO3/c19-16-10-15(12-4-2-1-3-5-12)18-14-7-6-11(8-13(14)16)9-17(20)21/h1-8,10H,9H2,(H,18,19)(H,20,21). The van der Waals surface area contributed by atoms with Crippen LogP contribution in [0.3, 0.4) is 0 Å². The van der Waals surface area contributed by atoms with E-state index in [2.05, 4.69) is 4.98 Å². The summed E-state index contributed by atoms with van der Waals surface area (Å²) in [4.78, 5) is 26.2. The molecule has 0 atom stereocenters. The Bertz CT molecular complexity index is 866. The van der Waals surface area contributed by atoms with Crippen LogP contribution >= 0.6 is 0 Å². The number of carboxylic acids is 1. The summed E-state index contributed by atoms with van der Waals surface area (Å²) in [6.45, 7) is 0. The molecule has 2 aromatic carbocycles. The lowest BCUT2D eigenvalue weighted by molar-refractivity contribution is -0.136. The first-order valence-electron chi connectivity index (χ1n) is 6.57. The number of pyridine rings is 1. The van der Waals surface area contributed by atoms with Gasteiger partial charge in [0.1, 0.15) is 0 Å². The van der Waals surface area contributed by atoms with E-state index < -0.39 is 5.97 Å². The fourth-order valence-electron chi connectivity index (χ4n) is 2.35. The molecule has 1 heterocycles. The Kier molecular flexibility index (Phi) is 3.28. The Balaban J connectivity index is 2.14. The van der Waals surface area contributed by atoms with Gasteiger partial charge in [-0.2, -0.15) is 0 Å². The van der Waals surface area contributed by atoms with Crippen LogP contribution in [-0.4, -0.2) is 16.1 Å². The van der Waals surface area contributed by atoms with Crippen LogP contribution in [0.25, 0.3) is 22.2 Å². The van der Waals surface area contributed by atoms with Crippen LogP contribution < -0.4 is 5.43 Å². The lowest BCUT2D eigenvalue weighted by Gasteiger charge is -2.06. The Hall–Kier alpha value is -2.88. The van der Waals surface area contributed by atoms with Crippen molar-refractivity contribution < 1.29 is 9.90 Å². The first kappa shape index (κ1) is 13.1. The molecule has 4 heteroatoms. The van der Waals surface area contributed by atoms with Crippen LogP contribution in [0.4, 0.5) is 0 Å². The quantitative estimate of drug-likeness (QED) is 0.774. The largest absolute Gasteiger partial charge is 0.481 e. The molecule has 0 aliphatic heterocycles. The maximum atomic E-state index is 12.2. The third-order valence-electron chi connectivity index (χ3n) is 3.33. The van der Waals surface area contributed by atoms with Crippen molar-refractivity contribution in [1.82, 2.24) is 4.98 Å². The maximum absolute atomic E-state index is 12.2. The molecule has 0 saturated heterocycles. The molecule has 0 spiro atoms. The van der Waals surface area contributed by atoms with Gasteiger partial charge in [-0.15, -0.1) is 0 Å². The highest BCUT2D eigenvalue weighted by molar-refractivity contribution is 5.83. The molecule has 3 rings (SSSR count). The van der Waals surface area contributed by atoms with Crippen molar-refractivity contribution in [3.8, 4) is 11.3 Å². The molecule has 4 nitrogen and oxygen atoms in total. The van der Waals surface area contributed by atoms with Crippen molar-refractivity contribution in [2.75, 3.05) is 0 Å². The summed E-state index contributed by atoms with van der Waals surface area (Å²) in [6.07, 6.45) is -0.0875. The molecule has 3 aromatic rings. The molecule has 0 unspecified atom stereocenters. The van der Waals surface area contributed by atoms with Crippen LogP contribution in [0.15, 0.2) is 59.4 Å². The third kappa shape index (κ3) is 2.69. The van der Waals surface area contributed by atoms with Gasteiger partial charge in [0.2, 0.25) is 0 Å². The number of carboxylic acid groups (broad SMARTS) is 1. The number of hydrogen-bond donors (Lipinski definition) is 2. The van der Waals surface area contributed by atoms with Crippen LogP contribution in [0.2, 0.25) is 0 Å². The van der Waals surface area contributed by atoms with Gasteiger partial charge in [0.05, 0.1) is 6.42 Å². The van der Waals surface area contributed by atoms with Gasteiger partial charge in [-0.3, -0.25) is 9.59 Å². The third-order valence-corrected chi connectivity index (χ3v) is 3.33. The number of fused-ring (bicyclic) bond motifs is 1. The monoisotopic (exact) mass is 279 g/mol. The highest BCUT2D eigenvalue weighted by Gasteiger charge is 2.07. The van der Waals surface area contributed by atoms with E-state index in [0.717, 1.165) is 11.3 Å². The van der Waals surface area contributed by atoms with E-state index in [4.69, 9.17) is 5.11 Å². The SMILES string of the molecule is O=C(O)Cc1ccc2[nH]c(-c3ccccc3)cc(=O)c2c1. The Morgan fingerprint density at radius 2 is 1.81 bits per heavy atom. The number of carbonyl (C=O) groups is 1. The van der Waals surface area contributed by atoms with Crippen LogP contribution in [-0.2, 0) is 11.2 Å². The van der Waals surface area contributed by atoms with E-state index in [1.54, 1.807) is 24.3 Å². The van der Waals surface area contributed by atoms with E-state index >= 15 is 0 Å². The van der Waals surface area contributed by atoms with E-state index in [1.165, 1.54) is 0 Å². The van der Waals surface area contributed by atoms with E-state index in [1.807, 2.05) is 30.3 Å². The zero-order valence-electron chi connectivity index (χ0n) is 11.2. The average molecular weight is 279 g/mol. The summed E-state index contributed by atoms with van der Waals surface area (Å²) in [5, 5.41) is 9.32. The number of rotatable bonds is 3. The van der Waals surface area contributed by atoms with E-state index in [0.29, 0.717) is 16.5 Å². The predicted octanol–water partition coefficient (Wildman–Crippen LogP) is 2.82. The zero-order chi connectivity index (χ0) is 14.8. The van der Waals surface area contributed by atoms with Crippen molar-refractivity contribution in [2.24, 2.45) is 0 Å². The number of benzene rings is 2. The number of aliphatic carboxylic acids is 1. The van der Waals surface area contributed by atoms with Gasteiger partial charge in [-0.1, -0.05) is 36.4 Å². The number of nitrogens with one attached hydrogen (secondary N) is 1. The summed E-state index contributed by atoms with van der Waals surface area (Å²) in [5.74, 6) is -0.910. The molecular formula is C17H13NO3. The molecule has 0 radical (unpaired) electrons. The predicted molar refractivity (Wildman–Crippen MR) is 81.3 cm³/mol. The number of hydrogen-bond acceptors (Lipinski definition) is 2. The molecule has 0 aliphatic rings. The summed E-state index contributed by atoms with van der Waals surface area (Å²) >= 11 is 0. The van der Waals surface area contributed by atoms with E-state index in [9.17, 15) is 9.59 Å². The molecule has 0 saturated carbocycles. The van der Waals surface area contributed by atoms with Gasteiger partial charge in [0.15, 0.2) is 5.43 Å².